The fourth-order valence-electron chi connectivity index (χ4n) is 2.63. The molecule has 1 aromatic heterocycles. The Hall–Kier alpha value is -3.66. The topological polar surface area (TPSA) is 122 Å². The van der Waals surface area contributed by atoms with Gasteiger partial charge in [0.25, 0.3) is 5.91 Å². The lowest BCUT2D eigenvalue weighted by atomic mass is 10.2. The Balaban J connectivity index is 1.48. The second kappa shape index (κ2) is 10.8. The van der Waals surface area contributed by atoms with Gasteiger partial charge in [-0.2, -0.15) is 5.10 Å². The first-order chi connectivity index (χ1) is 14.6. The van der Waals surface area contributed by atoms with Crippen LogP contribution in [0.5, 0.6) is 5.75 Å². The average molecular weight is 414 g/mol. The molecule has 0 aliphatic carbocycles. The zero-order valence-electron chi connectivity index (χ0n) is 16.2. The maximum atomic E-state index is 12.2. The van der Waals surface area contributed by atoms with Crippen LogP contribution in [-0.4, -0.2) is 61.7 Å². The molecule has 1 saturated heterocycles. The zero-order chi connectivity index (χ0) is 21.2. The monoisotopic (exact) mass is 414 g/mol. The molecule has 1 aliphatic heterocycles. The number of hydrogen-bond donors (Lipinski definition) is 2. The molecule has 0 spiro atoms. The summed E-state index contributed by atoms with van der Waals surface area (Å²) in [5.74, 6) is -0.939. The van der Waals surface area contributed by atoms with Crippen molar-refractivity contribution in [2.24, 2.45) is 5.10 Å². The standard InChI is InChI=1S/C20H22N4O6/c25-18(24-7-10-28-11-8-24)14-30-17-6-2-1-4-15(17)12-22-23-20(27)19(26)21-13-16-5-3-9-29-16/h1-6,9,12H,7-8,10-11,13-14H2,(H,21,26)(H,23,27)/b22-12-. The molecule has 2 N–H and O–H groups in total. The van der Waals surface area contributed by atoms with Gasteiger partial charge in [0.05, 0.1) is 32.2 Å². The van der Waals surface area contributed by atoms with E-state index in [0.717, 1.165) is 0 Å². The van der Waals surface area contributed by atoms with Crippen LogP contribution in [0.25, 0.3) is 0 Å². The number of amides is 3. The number of furan rings is 1. The Kier molecular flexibility index (Phi) is 7.56. The molecule has 10 heteroatoms. The van der Waals surface area contributed by atoms with Crippen LogP contribution < -0.4 is 15.5 Å². The predicted molar refractivity (Wildman–Crippen MR) is 106 cm³/mol. The molecule has 0 saturated carbocycles. The number of nitrogens with zero attached hydrogens (tertiary/aromatic N) is 2. The summed E-state index contributed by atoms with van der Waals surface area (Å²) in [5.41, 5.74) is 2.69. The van der Waals surface area contributed by atoms with Crippen LogP contribution in [0.15, 0.2) is 52.2 Å². The summed E-state index contributed by atoms with van der Waals surface area (Å²) in [4.78, 5) is 37.5. The minimum absolute atomic E-state index is 0.0941. The lowest BCUT2D eigenvalue weighted by molar-refractivity contribution is -0.139. The molecule has 2 aromatic rings. The van der Waals surface area contributed by atoms with Crippen molar-refractivity contribution in [2.45, 2.75) is 6.54 Å². The molecule has 3 rings (SSSR count). The Morgan fingerprint density at radius 1 is 1.10 bits per heavy atom. The lowest BCUT2D eigenvalue weighted by Gasteiger charge is -2.26. The Morgan fingerprint density at radius 3 is 2.67 bits per heavy atom. The maximum Gasteiger partial charge on any atom is 0.329 e. The minimum atomic E-state index is -0.918. The van der Waals surface area contributed by atoms with E-state index in [-0.39, 0.29) is 19.1 Å². The van der Waals surface area contributed by atoms with Crippen LogP contribution in [0.1, 0.15) is 11.3 Å². The molecule has 158 valence electrons. The highest BCUT2D eigenvalue weighted by atomic mass is 16.5. The highest BCUT2D eigenvalue weighted by molar-refractivity contribution is 6.35. The van der Waals surface area contributed by atoms with Crippen molar-refractivity contribution in [1.29, 1.82) is 0 Å². The lowest BCUT2D eigenvalue weighted by Crippen LogP contribution is -2.43. The molecule has 1 fully saturated rings. The molecule has 3 amide bonds. The van der Waals surface area contributed by atoms with Gasteiger partial charge in [-0.1, -0.05) is 12.1 Å². The highest BCUT2D eigenvalue weighted by Crippen LogP contribution is 2.16. The Labute approximate surface area is 172 Å². The van der Waals surface area contributed by atoms with Crippen molar-refractivity contribution >= 4 is 23.9 Å². The van der Waals surface area contributed by atoms with Crippen molar-refractivity contribution < 1.29 is 28.3 Å². The van der Waals surface area contributed by atoms with E-state index in [2.05, 4.69) is 15.8 Å². The van der Waals surface area contributed by atoms with Gasteiger partial charge in [-0.15, -0.1) is 0 Å². The van der Waals surface area contributed by atoms with Gasteiger partial charge in [0.15, 0.2) is 6.61 Å². The number of rotatable bonds is 7. The van der Waals surface area contributed by atoms with E-state index >= 15 is 0 Å². The highest BCUT2D eigenvalue weighted by Gasteiger charge is 2.17. The van der Waals surface area contributed by atoms with Gasteiger partial charge >= 0.3 is 11.8 Å². The fourth-order valence-corrected chi connectivity index (χ4v) is 2.63. The summed E-state index contributed by atoms with van der Waals surface area (Å²) in [6.07, 6.45) is 2.81. The number of morpholine rings is 1. The van der Waals surface area contributed by atoms with E-state index in [1.165, 1.54) is 12.5 Å². The summed E-state index contributed by atoms with van der Waals surface area (Å²) >= 11 is 0. The maximum absolute atomic E-state index is 12.2. The third-order valence-electron chi connectivity index (χ3n) is 4.21. The molecule has 0 atom stereocenters. The normalized spacial score (nSPS) is 13.8. The van der Waals surface area contributed by atoms with E-state index in [0.29, 0.717) is 43.4 Å². The van der Waals surface area contributed by atoms with Crippen molar-refractivity contribution in [3.05, 3.63) is 54.0 Å². The Bertz CT molecular complexity index is 890. The van der Waals surface area contributed by atoms with Crippen LogP contribution in [0, 0.1) is 0 Å². The third kappa shape index (κ3) is 6.17. The second-order valence-corrected chi connectivity index (χ2v) is 6.28. The van der Waals surface area contributed by atoms with Gasteiger partial charge in [0.2, 0.25) is 0 Å². The third-order valence-corrected chi connectivity index (χ3v) is 4.21. The molecule has 2 heterocycles. The summed E-state index contributed by atoms with van der Waals surface area (Å²) in [7, 11) is 0. The molecular weight excluding hydrogens is 392 g/mol. The number of carbonyl (C=O) groups excluding carboxylic acids is 3. The molecule has 0 radical (unpaired) electrons. The number of ether oxygens (including phenoxy) is 2. The van der Waals surface area contributed by atoms with E-state index in [1.54, 1.807) is 41.3 Å². The fraction of sp³-hybridized carbons (Fsp3) is 0.300. The van der Waals surface area contributed by atoms with E-state index < -0.39 is 11.8 Å². The minimum Gasteiger partial charge on any atom is -0.483 e. The van der Waals surface area contributed by atoms with Crippen molar-refractivity contribution in [1.82, 2.24) is 15.6 Å². The summed E-state index contributed by atoms with van der Waals surface area (Å²) in [6.45, 7) is 2.09. The number of para-hydroxylation sites is 1. The summed E-state index contributed by atoms with van der Waals surface area (Å²) in [6, 6.07) is 10.3. The van der Waals surface area contributed by atoms with E-state index in [4.69, 9.17) is 13.9 Å². The number of hydrazone groups is 1. The number of hydrogen-bond acceptors (Lipinski definition) is 7. The predicted octanol–water partition coefficient (Wildman–Crippen LogP) is 0.284. The number of carbonyl (C=O) groups is 3. The summed E-state index contributed by atoms with van der Waals surface area (Å²) < 4.78 is 15.9. The van der Waals surface area contributed by atoms with Crippen molar-refractivity contribution in [3.8, 4) is 5.75 Å². The van der Waals surface area contributed by atoms with Gasteiger partial charge in [-0.05, 0) is 24.3 Å². The quantitative estimate of drug-likeness (QED) is 0.381. The zero-order valence-corrected chi connectivity index (χ0v) is 16.2. The first-order valence-corrected chi connectivity index (χ1v) is 9.34. The molecule has 1 aromatic carbocycles. The molecule has 10 nitrogen and oxygen atoms in total. The first-order valence-electron chi connectivity index (χ1n) is 9.34. The van der Waals surface area contributed by atoms with Gasteiger partial charge in [-0.25, -0.2) is 5.43 Å². The smallest absolute Gasteiger partial charge is 0.329 e. The number of benzene rings is 1. The van der Waals surface area contributed by atoms with Crippen LogP contribution in [0.4, 0.5) is 0 Å². The number of nitrogens with one attached hydrogen (secondary N) is 2. The molecule has 1 aliphatic rings. The second-order valence-electron chi connectivity index (χ2n) is 6.28. The van der Waals surface area contributed by atoms with Crippen LogP contribution >= 0.6 is 0 Å². The molecule has 0 bridgehead atoms. The molecule has 0 unspecified atom stereocenters. The van der Waals surface area contributed by atoms with Crippen molar-refractivity contribution in [2.75, 3.05) is 32.9 Å². The molecular formula is C20H22N4O6. The van der Waals surface area contributed by atoms with Crippen LogP contribution in [-0.2, 0) is 25.7 Å². The Morgan fingerprint density at radius 2 is 1.90 bits per heavy atom. The average Bonchev–Trinajstić information content (AvgIpc) is 3.30. The van der Waals surface area contributed by atoms with Gasteiger partial charge in [-0.3, -0.25) is 14.4 Å². The van der Waals surface area contributed by atoms with Gasteiger partial charge < -0.3 is 24.1 Å². The van der Waals surface area contributed by atoms with Gasteiger partial charge in [0.1, 0.15) is 11.5 Å². The SMILES string of the molecule is O=C(NCc1ccco1)C(=O)N/N=C\c1ccccc1OCC(=O)N1CCOCC1. The van der Waals surface area contributed by atoms with Gasteiger partial charge in [0, 0.05) is 18.7 Å². The van der Waals surface area contributed by atoms with Crippen LogP contribution in [0.2, 0.25) is 0 Å². The molecule has 30 heavy (non-hydrogen) atoms. The van der Waals surface area contributed by atoms with Crippen LogP contribution in [0.3, 0.4) is 0 Å². The van der Waals surface area contributed by atoms with E-state index in [9.17, 15) is 14.4 Å². The van der Waals surface area contributed by atoms with Crippen molar-refractivity contribution in [3.63, 3.8) is 0 Å². The largest absolute Gasteiger partial charge is 0.483 e. The summed E-state index contributed by atoms with van der Waals surface area (Å²) in [5, 5.41) is 6.20. The first kappa shape index (κ1) is 21.1. The van der Waals surface area contributed by atoms with E-state index in [1.807, 2.05) is 0 Å².